The van der Waals surface area contributed by atoms with Gasteiger partial charge in [0, 0.05) is 16.6 Å². The standard InChI is InChI=1S/C15H22BrNO2/c1-15(2,11-3-4-11)17-9-13(18)10-19-14-7-5-12(16)6-8-14/h5-8,11,13,17-18H,3-4,9-10H2,1-2H3. The maximum atomic E-state index is 9.93. The zero-order chi connectivity index (χ0) is 13.9. The minimum absolute atomic E-state index is 0.124. The van der Waals surface area contributed by atoms with E-state index in [2.05, 4.69) is 35.1 Å². The first kappa shape index (κ1) is 14.8. The van der Waals surface area contributed by atoms with Gasteiger partial charge in [0.1, 0.15) is 18.5 Å². The molecule has 1 aliphatic rings. The van der Waals surface area contributed by atoms with Crippen LogP contribution in [0.15, 0.2) is 28.7 Å². The van der Waals surface area contributed by atoms with Crippen LogP contribution in [0.25, 0.3) is 0 Å². The smallest absolute Gasteiger partial charge is 0.119 e. The summed E-state index contributed by atoms with van der Waals surface area (Å²) in [5.74, 6) is 1.54. The quantitative estimate of drug-likeness (QED) is 0.809. The molecule has 1 fully saturated rings. The molecule has 2 rings (SSSR count). The van der Waals surface area contributed by atoms with Gasteiger partial charge in [-0.15, -0.1) is 0 Å². The van der Waals surface area contributed by atoms with E-state index in [4.69, 9.17) is 4.74 Å². The summed E-state index contributed by atoms with van der Waals surface area (Å²) in [6.07, 6.45) is 2.11. The molecule has 4 heteroatoms. The predicted octanol–water partition coefficient (Wildman–Crippen LogP) is 2.97. The fourth-order valence-corrected chi connectivity index (χ4v) is 2.38. The third-order valence-corrected chi connectivity index (χ3v) is 4.18. The van der Waals surface area contributed by atoms with E-state index in [-0.39, 0.29) is 5.54 Å². The number of aliphatic hydroxyl groups excluding tert-OH is 1. The van der Waals surface area contributed by atoms with Crippen LogP contribution in [0.5, 0.6) is 5.75 Å². The molecule has 0 spiro atoms. The molecule has 0 bridgehead atoms. The molecule has 2 N–H and O–H groups in total. The van der Waals surface area contributed by atoms with Gasteiger partial charge in [0.2, 0.25) is 0 Å². The summed E-state index contributed by atoms with van der Waals surface area (Å²) >= 11 is 3.38. The Kier molecular flexibility index (Phi) is 4.87. The van der Waals surface area contributed by atoms with Crippen LogP contribution in [-0.4, -0.2) is 29.9 Å². The van der Waals surface area contributed by atoms with Crippen LogP contribution >= 0.6 is 15.9 Å². The highest BCUT2D eigenvalue weighted by molar-refractivity contribution is 9.10. The van der Waals surface area contributed by atoms with Crippen molar-refractivity contribution in [2.75, 3.05) is 13.2 Å². The second-order valence-corrected chi connectivity index (χ2v) is 6.71. The summed E-state index contributed by atoms with van der Waals surface area (Å²) in [5.41, 5.74) is 0.124. The van der Waals surface area contributed by atoms with Crippen molar-refractivity contribution >= 4 is 15.9 Å². The van der Waals surface area contributed by atoms with Gasteiger partial charge in [-0.3, -0.25) is 0 Å². The van der Waals surface area contributed by atoms with Crippen LogP contribution in [-0.2, 0) is 0 Å². The Hall–Kier alpha value is -0.580. The van der Waals surface area contributed by atoms with Crippen LogP contribution < -0.4 is 10.1 Å². The van der Waals surface area contributed by atoms with Crippen LogP contribution in [0.2, 0.25) is 0 Å². The van der Waals surface area contributed by atoms with Gasteiger partial charge in [0.25, 0.3) is 0 Å². The highest BCUT2D eigenvalue weighted by atomic mass is 79.9. The number of nitrogens with one attached hydrogen (secondary N) is 1. The molecular weight excluding hydrogens is 306 g/mol. The molecule has 1 aromatic carbocycles. The number of hydrogen-bond acceptors (Lipinski definition) is 3. The second-order valence-electron chi connectivity index (χ2n) is 5.80. The number of benzene rings is 1. The average Bonchev–Trinajstić information content (AvgIpc) is 3.20. The first-order valence-electron chi connectivity index (χ1n) is 6.79. The van der Waals surface area contributed by atoms with Crippen LogP contribution in [0, 0.1) is 5.92 Å². The molecule has 0 amide bonds. The molecule has 1 aliphatic carbocycles. The lowest BCUT2D eigenvalue weighted by molar-refractivity contribution is 0.0970. The Morgan fingerprint density at radius 2 is 2.00 bits per heavy atom. The fraction of sp³-hybridized carbons (Fsp3) is 0.600. The summed E-state index contributed by atoms with van der Waals surface area (Å²) in [6, 6.07) is 7.63. The number of rotatable bonds is 7. The number of hydrogen-bond donors (Lipinski definition) is 2. The van der Waals surface area contributed by atoms with E-state index in [0.29, 0.717) is 13.2 Å². The SMILES string of the molecule is CC(C)(NCC(O)COc1ccc(Br)cc1)C1CC1. The molecule has 1 unspecified atom stereocenters. The first-order valence-corrected chi connectivity index (χ1v) is 7.58. The lowest BCUT2D eigenvalue weighted by atomic mass is 9.98. The van der Waals surface area contributed by atoms with Crippen molar-refractivity contribution in [1.29, 1.82) is 0 Å². The van der Waals surface area contributed by atoms with Crippen molar-refractivity contribution in [3.8, 4) is 5.75 Å². The highest BCUT2D eigenvalue weighted by Crippen LogP contribution is 2.39. The summed E-state index contributed by atoms with van der Waals surface area (Å²) in [6.45, 7) is 5.29. The summed E-state index contributed by atoms with van der Waals surface area (Å²) in [7, 11) is 0. The van der Waals surface area contributed by atoms with E-state index >= 15 is 0 Å². The number of β-amino-alcohol motifs (C(OH)–C–C–N with tert-alkyl or cyclic N) is 1. The minimum Gasteiger partial charge on any atom is -0.491 e. The van der Waals surface area contributed by atoms with Crippen molar-refractivity contribution in [3.05, 3.63) is 28.7 Å². The van der Waals surface area contributed by atoms with Gasteiger partial charge in [-0.1, -0.05) is 15.9 Å². The third-order valence-electron chi connectivity index (χ3n) is 3.65. The molecule has 19 heavy (non-hydrogen) atoms. The number of halogens is 1. The zero-order valence-corrected chi connectivity index (χ0v) is 13.1. The van der Waals surface area contributed by atoms with E-state index in [1.54, 1.807) is 0 Å². The lowest BCUT2D eigenvalue weighted by Gasteiger charge is -2.27. The van der Waals surface area contributed by atoms with E-state index in [1.165, 1.54) is 12.8 Å². The number of ether oxygens (including phenoxy) is 1. The summed E-state index contributed by atoms with van der Waals surface area (Å²) in [5, 5.41) is 13.4. The van der Waals surface area contributed by atoms with Gasteiger partial charge in [-0.25, -0.2) is 0 Å². The Bertz CT molecular complexity index is 401. The molecule has 1 saturated carbocycles. The van der Waals surface area contributed by atoms with Gasteiger partial charge in [-0.05, 0) is 56.9 Å². The molecule has 3 nitrogen and oxygen atoms in total. The monoisotopic (exact) mass is 327 g/mol. The minimum atomic E-state index is -0.485. The Labute approximate surface area is 123 Å². The first-order chi connectivity index (χ1) is 8.97. The Morgan fingerprint density at radius 3 is 2.58 bits per heavy atom. The maximum Gasteiger partial charge on any atom is 0.119 e. The fourth-order valence-electron chi connectivity index (χ4n) is 2.11. The normalized spacial score (nSPS) is 17.3. The molecule has 1 aromatic rings. The van der Waals surface area contributed by atoms with Crippen molar-refractivity contribution < 1.29 is 9.84 Å². The highest BCUT2D eigenvalue weighted by Gasteiger charge is 2.37. The molecule has 1 atom stereocenters. The molecule has 0 saturated heterocycles. The Balaban J connectivity index is 1.69. The Morgan fingerprint density at radius 1 is 1.37 bits per heavy atom. The topological polar surface area (TPSA) is 41.5 Å². The molecule has 0 radical (unpaired) electrons. The van der Waals surface area contributed by atoms with Gasteiger partial charge < -0.3 is 15.2 Å². The van der Waals surface area contributed by atoms with Crippen LogP contribution in [0.1, 0.15) is 26.7 Å². The largest absolute Gasteiger partial charge is 0.491 e. The van der Waals surface area contributed by atoms with E-state index < -0.39 is 6.10 Å². The van der Waals surface area contributed by atoms with Crippen LogP contribution in [0.3, 0.4) is 0 Å². The number of aliphatic hydroxyl groups is 1. The predicted molar refractivity (Wildman–Crippen MR) is 80.4 cm³/mol. The third kappa shape index (κ3) is 4.79. The molecule has 0 heterocycles. The van der Waals surface area contributed by atoms with Crippen molar-refractivity contribution in [2.24, 2.45) is 5.92 Å². The van der Waals surface area contributed by atoms with Gasteiger partial charge >= 0.3 is 0 Å². The van der Waals surface area contributed by atoms with Crippen LogP contribution in [0.4, 0.5) is 0 Å². The molecule has 106 valence electrons. The summed E-state index contributed by atoms with van der Waals surface area (Å²) < 4.78 is 6.57. The van der Waals surface area contributed by atoms with Gasteiger partial charge in [0.05, 0.1) is 0 Å². The van der Waals surface area contributed by atoms with Crippen molar-refractivity contribution in [3.63, 3.8) is 0 Å². The average molecular weight is 328 g/mol. The maximum absolute atomic E-state index is 9.93. The second kappa shape index (κ2) is 6.25. The van der Waals surface area contributed by atoms with E-state index in [1.807, 2.05) is 24.3 Å². The van der Waals surface area contributed by atoms with Crippen molar-refractivity contribution in [2.45, 2.75) is 38.3 Å². The van der Waals surface area contributed by atoms with E-state index in [9.17, 15) is 5.11 Å². The lowest BCUT2D eigenvalue weighted by Crippen LogP contribution is -2.46. The molecular formula is C15H22BrNO2. The molecule has 0 aliphatic heterocycles. The van der Waals surface area contributed by atoms with E-state index in [0.717, 1.165) is 16.1 Å². The summed E-state index contributed by atoms with van der Waals surface area (Å²) in [4.78, 5) is 0. The van der Waals surface area contributed by atoms with Gasteiger partial charge in [0.15, 0.2) is 0 Å². The molecule has 0 aromatic heterocycles. The van der Waals surface area contributed by atoms with Crippen molar-refractivity contribution in [1.82, 2.24) is 5.32 Å². The van der Waals surface area contributed by atoms with Gasteiger partial charge in [-0.2, -0.15) is 0 Å². The zero-order valence-electron chi connectivity index (χ0n) is 11.5.